The van der Waals surface area contributed by atoms with E-state index in [1.165, 1.54) is 0 Å². The summed E-state index contributed by atoms with van der Waals surface area (Å²) in [5.41, 5.74) is 5.20. The van der Waals surface area contributed by atoms with Crippen LogP contribution in [-0.4, -0.2) is 40.5 Å². The fourth-order valence-corrected chi connectivity index (χ4v) is 0.785. The third kappa shape index (κ3) is 6.33. The molecule has 0 aliphatic heterocycles. The molecule has 0 bridgehead atoms. The van der Waals surface area contributed by atoms with Gasteiger partial charge >= 0.3 is 11.9 Å². The van der Waals surface area contributed by atoms with Crippen LogP contribution in [0.25, 0.3) is 0 Å². The van der Waals surface area contributed by atoms with Crippen LogP contribution in [0.3, 0.4) is 0 Å². The number of carboxylic acids is 2. The van der Waals surface area contributed by atoms with Crippen molar-refractivity contribution in [2.24, 2.45) is 11.7 Å². The van der Waals surface area contributed by atoms with Crippen LogP contribution in [0, 0.1) is 5.92 Å². The van der Waals surface area contributed by atoms with Crippen LogP contribution in [0.15, 0.2) is 12.0 Å². The molecule has 0 amide bonds. The topological polar surface area (TPSA) is 130 Å². The molecule has 0 aromatic carbocycles. The molecule has 0 radical (unpaired) electrons. The number of rotatable bonds is 7. The first kappa shape index (κ1) is 13.2. The Morgan fingerprint density at radius 1 is 1.40 bits per heavy atom. The molecule has 7 nitrogen and oxygen atoms in total. The SMILES string of the molecule is N/C(=C/O)COCC(CC(=O)O)C(=O)O. The lowest BCUT2D eigenvalue weighted by Crippen LogP contribution is -2.24. The second-order valence-electron chi connectivity index (χ2n) is 2.85. The van der Waals surface area contributed by atoms with Gasteiger partial charge in [-0.3, -0.25) is 9.59 Å². The number of aliphatic hydroxyl groups is 1. The third-order valence-corrected chi connectivity index (χ3v) is 1.52. The molecule has 86 valence electrons. The number of carboxylic acid groups (broad SMARTS) is 2. The molecule has 0 aliphatic rings. The maximum atomic E-state index is 10.5. The van der Waals surface area contributed by atoms with Gasteiger partial charge in [0.15, 0.2) is 0 Å². The molecule has 15 heavy (non-hydrogen) atoms. The highest BCUT2D eigenvalue weighted by atomic mass is 16.5. The van der Waals surface area contributed by atoms with Gasteiger partial charge in [0.05, 0.1) is 31.2 Å². The predicted octanol–water partition coefficient (Wildman–Crippen LogP) is -0.463. The lowest BCUT2D eigenvalue weighted by Gasteiger charge is -2.10. The van der Waals surface area contributed by atoms with Crippen LogP contribution < -0.4 is 5.73 Å². The van der Waals surface area contributed by atoms with Gasteiger partial charge < -0.3 is 25.8 Å². The van der Waals surface area contributed by atoms with Gasteiger partial charge in [-0.15, -0.1) is 0 Å². The van der Waals surface area contributed by atoms with Crippen molar-refractivity contribution < 1.29 is 29.6 Å². The lowest BCUT2D eigenvalue weighted by atomic mass is 10.1. The summed E-state index contributed by atoms with van der Waals surface area (Å²) in [6, 6.07) is 0. The molecule has 0 saturated heterocycles. The first-order valence-corrected chi connectivity index (χ1v) is 4.08. The highest BCUT2D eigenvalue weighted by molar-refractivity contribution is 5.77. The van der Waals surface area contributed by atoms with Crippen molar-refractivity contribution in [1.29, 1.82) is 0 Å². The lowest BCUT2D eigenvalue weighted by molar-refractivity contribution is -0.150. The Bertz CT molecular complexity index is 262. The number of aliphatic carboxylic acids is 2. The van der Waals surface area contributed by atoms with E-state index in [2.05, 4.69) is 0 Å². The standard InChI is InChI=1S/C8H13NO6/c9-6(2-10)4-15-3-5(8(13)14)1-7(11)12/h2,5,10H,1,3-4,9H2,(H,11,12)(H,13,14)/b6-2+. The Morgan fingerprint density at radius 3 is 2.40 bits per heavy atom. The minimum Gasteiger partial charge on any atom is -0.514 e. The zero-order valence-corrected chi connectivity index (χ0v) is 7.92. The maximum absolute atomic E-state index is 10.5. The van der Waals surface area contributed by atoms with Gasteiger partial charge in [-0.25, -0.2) is 0 Å². The highest BCUT2D eigenvalue weighted by Gasteiger charge is 2.21. The zero-order chi connectivity index (χ0) is 11.8. The quantitative estimate of drug-likeness (QED) is 0.426. The number of hydrogen-bond donors (Lipinski definition) is 4. The summed E-state index contributed by atoms with van der Waals surface area (Å²) in [6.45, 7) is -0.407. The van der Waals surface area contributed by atoms with Crippen LogP contribution in [0.5, 0.6) is 0 Å². The molecule has 0 heterocycles. The molecule has 0 fully saturated rings. The van der Waals surface area contributed by atoms with Gasteiger partial charge in [0.25, 0.3) is 0 Å². The van der Waals surface area contributed by atoms with Crippen molar-refractivity contribution in [2.75, 3.05) is 13.2 Å². The molecule has 5 N–H and O–H groups in total. The first-order chi connectivity index (χ1) is 6.97. The molecule has 0 aliphatic carbocycles. The van der Waals surface area contributed by atoms with E-state index in [9.17, 15) is 9.59 Å². The first-order valence-electron chi connectivity index (χ1n) is 4.08. The van der Waals surface area contributed by atoms with E-state index in [1.807, 2.05) is 0 Å². The molecule has 1 unspecified atom stereocenters. The zero-order valence-electron chi connectivity index (χ0n) is 7.92. The van der Waals surface area contributed by atoms with Gasteiger partial charge in [-0.1, -0.05) is 0 Å². The Labute approximate surface area is 85.8 Å². The van der Waals surface area contributed by atoms with Crippen molar-refractivity contribution >= 4 is 11.9 Å². The molecular weight excluding hydrogens is 206 g/mol. The largest absolute Gasteiger partial charge is 0.514 e. The second-order valence-corrected chi connectivity index (χ2v) is 2.85. The molecular formula is C8H13NO6. The fourth-order valence-electron chi connectivity index (χ4n) is 0.785. The number of ether oxygens (including phenoxy) is 1. The minimum absolute atomic E-state index is 0.0365. The summed E-state index contributed by atoms with van der Waals surface area (Å²) >= 11 is 0. The Kier molecular flexibility index (Phi) is 5.88. The monoisotopic (exact) mass is 219 g/mol. The number of carbonyl (C=O) groups is 2. The molecule has 7 heteroatoms. The summed E-state index contributed by atoms with van der Waals surface area (Å²) in [7, 11) is 0. The summed E-state index contributed by atoms with van der Waals surface area (Å²) < 4.78 is 4.81. The molecule has 0 aromatic heterocycles. The molecule has 0 aromatic rings. The van der Waals surface area contributed by atoms with Crippen molar-refractivity contribution in [3.63, 3.8) is 0 Å². The second kappa shape index (κ2) is 6.66. The highest BCUT2D eigenvalue weighted by Crippen LogP contribution is 2.04. The van der Waals surface area contributed by atoms with E-state index in [1.54, 1.807) is 0 Å². The van der Waals surface area contributed by atoms with Crippen LogP contribution in [0.2, 0.25) is 0 Å². The van der Waals surface area contributed by atoms with Gasteiger partial charge in [0.2, 0.25) is 0 Å². The smallest absolute Gasteiger partial charge is 0.309 e. The van der Waals surface area contributed by atoms with E-state index in [4.69, 9.17) is 25.8 Å². The van der Waals surface area contributed by atoms with E-state index < -0.39 is 24.3 Å². The molecule has 0 rings (SSSR count). The van der Waals surface area contributed by atoms with Crippen molar-refractivity contribution in [3.8, 4) is 0 Å². The van der Waals surface area contributed by atoms with Crippen LogP contribution >= 0.6 is 0 Å². The van der Waals surface area contributed by atoms with Crippen molar-refractivity contribution in [3.05, 3.63) is 12.0 Å². The van der Waals surface area contributed by atoms with E-state index >= 15 is 0 Å². The average molecular weight is 219 g/mol. The van der Waals surface area contributed by atoms with Crippen LogP contribution in [0.1, 0.15) is 6.42 Å². The Morgan fingerprint density at radius 2 is 2.00 bits per heavy atom. The van der Waals surface area contributed by atoms with Crippen LogP contribution in [0.4, 0.5) is 0 Å². The Balaban J connectivity index is 3.97. The number of nitrogens with two attached hydrogens (primary N) is 1. The number of hydrogen-bond acceptors (Lipinski definition) is 5. The van der Waals surface area contributed by atoms with Crippen LogP contribution in [-0.2, 0) is 14.3 Å². The molecule has 1 atom stereocenters. The summed E-state index contributed by atoms with van der Waals surface area (Å²) in [4.78, 5) is 20.8. The summed E-state index contributed by atoms with van der Waals surface area (Å²) in [5, 5.41) is 25.4. The average Bonchev–Trinajstić information content (AvgIpc) is 2.15. The predicted molar refractivity (Wildman–Crippen MR) is 49.1 cm³/mol. The molecule has 0 saturated carbocycles. The van der Waals surface area contributed by atoms with Gasteiger partial charge in [-0.05, 0) is 0 Å². The van der Waals surface area contributed by atoms with E-state index in [0.29, 0.717) is 6.26 Å². The molecule has 0 spiro atoms. The van der Waals surface area contributed by atoms with Gasteiger partial charge in [0, 0.05) is 0 Å². The van der Waals surface area contributed by atoms with Crippen molar-refractivity contribution in [2.45, 2.75) is 6.42 Å². The minimum atomic E-state index is -1.25. The third-order valence-electron chi connectivity index (χ3n) is 1.52. The summed E-state index contributed by atoms with van der Waals surface area (Å²) in [5.74, 6) is -3.57. The summed E-state index contributed by atoms with van der Waals surface area (Å²) in [6.07, 6.45) is 0.116. The van der Waals surface area contributed by atoms with Gasteiger partial charge in [0.1, 0.15) is 6.26 Å². The maximum Gasteiger partial charge on any atom is 0.309 e. The fraction of sp³-hybridized carbons (Fsp3) is 0.500. The van der Waals surface area contributed by atoms with E-state index in [0.717, 1.165) is 0 Å². The normalized spacial score (nSPS) is 13.5. The van der Waals surface area contributed by atoms with Crippen molar-refractivity contribution in [1.82, 2.24) is 0 Å². The van der Waals surface area contributed by atoms with Gasteiger partial charge in [-0.2, -0.15) is 0 Å². The number of aliphatic hydroxyl groups excluding tert-OH is 1. The Hall–Kier alpha value is -1.76. The van der Waals surface area contributed by atoms with E-state index in [-0.39, 0.29) is 18.9 Å².